The van der Waals surface area contributed by atoms with E-state index in [2.05, 4.69) is 24.8 Å². The number of ether oxygens (including phenoxy) is 1. The number of aromatic hydroxyl groups is 1. The minimum absolute atomic E-state index is 0.0214. The van der Waals surface area contributed by atoms with E-state index in [1.54, 1.807) is 18.5 Å². The maximum atomic E-state index is 15.4. The van der Waals surface area contributed by atoms with Crippen LogP contribution in [0, 0.1) is 5.82 Å². The summed E-state index contributed by atoms with van der Waals surface area (Å²) >= 11 is 12.8. The second-order valence-electron chi connectivity index (χ2n) is 16.1. The molecule has 17 heteroatoms. The number of fused-ring (bicyclic) bond motifs is 2. The zero-order valence-electron chi connectivity index (χ0n) is 31.0. The summed E-state index contributed by atoms with van der Waals surface area (Å²) in [5, 5.41) is 15.8. The molecule has 8 rings (SSSR count). The Kier molecular flexibility index (Phi) is 9.94. The Labute approximate surface area is 323 Å². The molecule has 4 fully saturated rings. The molecule has 1 unspecified atom stereocenters. The molecule has 0 amide bonds. The van der Waals surface area contributed by atoms with Crippen molar-refractivity contribution in [3.63, 3.8) is 0 Å². The third kappa shape index (κ3) is 6.99. The summed E-state index contributed by atoms with van der Waals surface area (Å²) in [6, 6.07) is 3.22. The number of piperidine rings is 1. The average Bonchev–Trinajstić information content (AvgIpc) is 3.87. The summed E-state index contributed by atoms with van der Waals surface area (Å²) in [5.74, 6) is 0.521. The van der Waals surface area contributed by atoms with E-state index in [1.165, 1.54) is 6.20 Å². The SMILES string of the molecule is CC1(C)OB(c2cc(O)cc(Cl)c2CCCc2ncn(C3CCCN(c4nc(OC[C@@]56CCCN5C[C@H](F)C6)nc5c(F)c(Cl)ncc45)C3)n2)OC1(C)C. The van der Waals surface area contributed by atoms with Crippen molar-refractivity contribution in [2.75, 3.05) is 37.7 Å². The van der Waals surface area contributed by atoms with E-state index in [0.29, 0.717) is 67.4 Å². The third-order valence-corrected chi connectivity index (χ3v) is 12.6. The van der Waals surface area contributed by atoms with Gasteiger partial charge in [-0.2, -0.15) is 15.1 Å². The number of aromatic nitrogens is 6. The molecule has 0 bridgehead atoms. The topological polar surface area (TPSA) is 124 Å². The maximum absolute atomic E-state index is 15.4. The molecule has 4 saturated heterocycles. The van der Waals surface area contributed by atoms with Crippen LogP contribution in [0.3, 0.4) is 0 Å². The first kappa shape index (κ1) is 37.6. The smallest absolute Gasteiger partial charge is 0.495 e. The van der Waals surface area contributed by atoms with Gasteiger partial charge in [-0.1, -0.05) is 23.2 Å². The minimum Gasteiger partial charge on any atom is -0.508 e. The fourth-order valence-corrected chi connectivity index (χ4v) is 8.88. The number of alkyl halides is 1. The number of phenolic OH excluding ortho intramolecular Hbond substituents is 1. The first-order valence-electron chi connectivity index (χ1n) is 18.8. The zero-order valence-corrected chi connectivity index (χ0v) is 32.5. The predicted octanol–water partition coefficient (Wildman–Crippen LogP) is 6.04. The van der Waals surface area contributed by atoms with Crippen LogP contribution in [0.5, 0.6) is 11.8 Å². The Morgan fingerprint density at radius 2 is 1.83 bits per heavy atom. The Hall–Kier alpha value is -3.37. The van der Waals surface area contributed by atoms with Crippen molar-refractivity contribution in [1.29, 1.82) is 0 Å². The molecule has 0 radical (unpaired) electrons. The summed E-state index contributed by atoms with van der Waals surface area (Å²) in [4.78, 5) is 22.2. The van der Waals surface area contributed by atoms with Gasteiger partial charge in [0.05, 0.1) is 28.2 Å². The molecule has 3 atom stereocenters. The summed E-state index contributed by atoms with van der Waals surface area (Å²) in [6.07, 6.45) is 8.19. The Morgan fingerprint density at radius 1 is 1.04 bits per heavy atom. The highest BCUT2D eigenvalue weighted by molar-refractivity contribution is 6.63. The van der Waals surface area contributed by atoms with Crippen molar-refractivity contribution in [2.45, 2.75) is 108 Å². The maximum Gasteiger partial charge on any atom is 0.495 e. The van der Waals surface area contributed by atoms with Gasteiger partial charge in [0.2, 0.25) is 0 Å². The molecule has 4 aliphatic heterocycles. The number of hydrogen-bond donors (Lipinski definition) is 1. The van der Waals surface area contributed by atoms with Crippen LogP contribution in [0.1, 0.15) is 83.6 Å². The van der Waals surface area contributed by atoms with Gasteiger partial charge >= 0.3 is 13.1 Å². The minimum atomic E-state index is -0.898. The molecule has 1 N–H and O–H groups in total. The molecule has 12 nitrogen and oxygen atoms in total. The Balaban J connectivity index is 0.967. The van der Waals surface area contributed by atoms with Gasteiger partial charge in [0.15, 0.2) is 16.8 Å². The number of rotatable bonds is 10. The average molecular weight is 786 g/mol. The fourth-order valence-electron chi connectivity index (χ4n) is 8.43. The largest absolute Gasteiger partial charge is 0.508 e. The zero-order chi connectivity index (χ0) is 38.0. The lowest BCUT2D eigenvalue weighted by Gasteiger charge is -2.34. The molecule has 0 saturated carbocycles. The van der Waals surface area contributed by atoms with E-state index in [0.717, 1.165) is 43.3 Å². The van der Waals surface area contributed by atoms with E-state index in [9.17, 15) is 9.50 Å². The van der Waals surface area contributed by atoms with E-state index >= 15 is 4.39 Å². The molecular formula is C37H45BCl2F2N8O4. The van der Waals surface area contributed by atoms with Gasteiger partial charge in [-0.25, -0.2) is 23.4 Å². The lowest BCUT2D eigenvalue weighted by molar-refractivity contribution is 0.00578. The molecule has 7 heterocycles. The molecule has 1 aromatic carbocycles. The number of nitrogens with zero attached hydrogens (tertiary/aromatic N) is 8. The molecule has 0 aliphatic carbocycles. The number of phenols is 1. The third-order valence-electron chi connectivity index (χ3n) is 12.0. The number of pyridine rings is 1. The highest BCUT2D eigenvalue weighted by Crippen LogP contribution is 2.41. The van der Waals surface area contributed by atoms with Crippen molar-refractivity contribution in [1.82, 2.24) is 34.6 Å². The number of hydrogen-bond acceptors (Lipinski definition) is 11. The Morgan fingerprint density at radius 3 is 2.63 bits per heavy atom. The number of anilines is 1. The number of aryl methyl sites for hydroxylation is 1. The van der Waals surface area contributed by atoms with Crippen molar-refractivity contribution in [3.05, 3.63) is 52.0 Å². The van der Waals surface area contributed by atoms with Crippen LogP contribution in [0.15, 0.2) is 24.7 Å². The van der Waals surface area contributed by atoms with Crippen LogP contribution >= 0.6 is 23.2 Å². The van der Waals surface area contributed by atoms with E-state index in [1.807, 2.05) is 32.4 Å². The first-order valence-corrected chi connectivity index (χ1v) is 19.5. The number of halogens is 4. The van der Waals surface area contributed by atoms with Gasteiger partial charge < -0.3 is 24.1 Å². The summed E-state index contributed by atoms with van der Waals surface area (Å²) in [7, 11) is -0.658. The highest BCUT2D eigenvalue weighted by atomic mass is 35.5. The van der Waals surface area contributed by atoms with Gasteiger partial charge in [0.1, 0.15) is 36.2 Å². The lowest BCUT2D eigenvalue weighted by atomic mass is 9.74. The second kappa shape index (κ2) is 14.3. The van der Waals surface area contributed by atoms with E-state index in [4.69, 9.17) is 47.3 Å². The molecule has 4 aromatic rings. The molecular weight excluding hydrogens is 740 g/mol. The summed E-state index contributed by atoms with van der Waals surface area (Å²) in [5.41, 5.74) is 0.130. The van der Waals surface area contributed by atoms with Crippen molar-refractivity contribution in [2.24, 2.45) is 0 Å². The fraction of sp³-hybridized carbons (Fsp3) is 0.595. The normalized spacial score (nSPS) is 25.2. The number of benzene rings is 1. The molecule has 0 spiro atoms. The van der Waals surface area contributed by atoms with Gasteiger partial charge in [0, 0.05) is 43.7 Å². The van der Waals surface area contributed by atoms with Gasteiger partial charge in [-0.3, -0.25) is 4.90 Å². The monoisotopic (exact) mass is 784 g/mol. The first-order chi connectivity index (χ1) is 25.7. The predicted molar refractivity (Wildman–Crippen MR) is 202 cm³/mol. The van der Waals surface area contributed by atoms with Gasteiger partial charge in [-0.15, -0.1) is 0 Å². The van der Waals surface area contributed by atoms with Crippen LogP contribution in [-0.4, -0.2) is 103 Å². The quantitative estimate of drug-likeness (QED) is 0.150. The second-order valence-corrected chi connectivity index (χ2v) is 16.9. The lowest BCUT2D eigenvalue weighted by Crippen LogP contribution is -2.43. The van der Waals surface area contributed by atoms with Crippen molar-refractivity contribution in [3.8, 4) is 11.8 Å². The van der Waals surface area contributed by atoms with Crippen LogP contribution < -0.4 is 15.1 Å². The summed E-state index contributed by atoms with van der Waals surface area (Å²) in [6.45, 7) is 10.6. The van der Waals surface area contributed by atoms with E-state index < -0.39 is 35.8 Å². The van der Waals surface area contributed by atoms with Crippen LogP contribution in [0.2, 0.25) is 10.2 Å². The molecule has 4 aliphatic rings. The van der Waals surface area contributed by atoms with Crippen LogP contribution in [0.25, 0.3) is 10.9 Å². The van der Waals surface area contributed by atoms with Gasteiger partial charge in [0.25, 0.3) is 0 Å². The molecule has 54 heavy (non-hydrogen) atoms. The van der Waals surface area contributed by atoms with Gasteiger partial charge in [-0.05, 0) is 95.9 Å². The van der Waals surface area contributed by atoms with Crippen molar-refractivity contribution >= 4 is 52.5 Å². The molecule has 3 aromatic heterocycles. The van der Waals surface area contributed by atoms with Crippen LogP contribution in [-0.2, 0) is 22.2 Å². The van der Waals surface area contributed by atoms with Crippen molar-refractivity contribution < 1.29 is 27.9 Å². The highest BCUT2D eigenvalue weighted by Gasteiger charge is 2.52. The van der Waals surface area contributed by atoms with Crippen LogP contribution in [0.4, 0.5) is 14.6 Å². The standard InChI is InChI=1S/C37H45BCl2F2N8O4/c1-35(2)36(3,4)54-38(53-35)27-14-24(51)15-28(39)25(27)9-5-10-29-44-21-50(47-29)23-8-6-12-48(19-23)33-26-17-43-32(40)30(42)31(26)45-34(46-33)52-20-37-11-7-13-49(37)18-22(41)16-37/h14-15,17,21-23,51H,5-13,16,18-20H2,1-4H3/t22-,23?,37+/m1/s1. The Bertz CT molecular complexity index is 2040. The molecule has 288 valence electrons. The summed E-state index contributed by atoms with van der Waals surface area (Å²) < 4.78 is 50.5. The van der Waals surface area contributed by atoms with E-state index in [-0.39, 0.29) is 35.1 Å².